The number of nitrogens with one attached hydrogen (secondary N) is 2. The van der Waals surface area contributed by atoms with Crippen LogP contribution in [0.2, 0.25) is 0 Å². The molecule has 5 heteroatoms. The van der Waals surface area contributed by atoms with Gasteiger partial charge in [0.15, 0.2) is 0 Å². The van der Waals surface area contributed by atoms with Gasteiger partial charge >= 0.3 is 0 Å². The van der Waals surface area contributed by atoms with Gasteiger partial charge in [0, 0.05) is 23.8 Å². The summed E-state index contributed by atoms with van der Waals surface area (Å²) in [5.41, 5.74) is 0.664. The molecule has 1 fully saturated rings. The maximum atomic E-state index is 12.1. The summed E-state index contributed by atoms with van der Waals surface area (Å²) in [6.07, 6.45) is 2.88. The van der Waals surface area contributed by atoms with Gasteiger partial charge in [-0.2, -0.15) is 0 Å². The second-order valence-corrected chi connectivity index (χ2v) is 5.11. The molecule has 16 heavy (non-hydrogen) atoms. The Kier molecular flexibility index (Phi) is 3.66. The van der Waals surface area contributed by atoms with Crippen molar-refractivity contribution in [2.45, 2.75) is 6.42 Å². The van der Waals surface area contributed by atoms with Gasteiger partial charge in [-0.05, 0) is 47.9 Å². The molecule has 0 saturated carbocycles. The lowest BCUT2D eigenvalue weighted by Gasteiger charge is -2.15. The Morgan fingerprint density at radius 2 is 2.56 bits per heavy atom. The van der Waals surface area contributed by atoms with Crippen LogP contribution in [0, 0.1) is 5.92 Å². The number of nitrogens with zero attached hydrogens (tertiary/aromatic N) is 1. The first-order chi connectivity index (χ1) is 7.70. The highest BCUT2D eigenvalue weighted by atomic mass is 79.9. The summed E-state index contributed by atoms with van der Waals surface area (Å²) >= 11 is 3.33. The molecule has 1 amide bonds. The number of H-pyrrole nitrogens is 1. The molecule has 2 N–H and O–H groups in total. The number of halogens is 1. The first-order valence-electron chi connectivity index (χ1n) is 5.48. The van der Waals surface area contributed by atoms with Gasteiger partial charge in [0.25, 0.3) is 5.91 Å². The van der Waals surface area contributed by atoms with Crippen LogP contribution < -0.4 is 5.32 Å². The number of carbonyl (C=O) groups excluding carboxylic acids is 1. The SMILES string of the molecule is CNC[C@@H]1CCN(C(=O)c2cc(Br)c[nH]2)C1. The van der Waals surface area contributed by atoms with Gasteiger partial charge in [-0.3, -0.25) is 4.79 Å². The number of aromatic amines is 1. The average Bonchev–Trinajstić information content (AvgIpc) is 2.87. The second kappa shape index (κ2) is 5.01. The van der Waals surface area contributed by atoms with E-state index in [-0.39, 0.29) is 5.91 Å². The quantitative estimate of drug-likeness (QED) is 0.883. The highest BCUT2D eigenvalue weighted by Gasteiger charge is 2.26. The van der Waals surface area contributed by atoms with Crippen molar-refractivity contribution in [3.05, 3.63) is 22.4 Å². The average molecular weight is 286 g/mol. The van der Waals surface area contributed by atoms with Gasteiger partial charge in [0.05, 0.1) is 0 Å². The smallest absolute Gasteiger partial charge is 0.270 e. The van der Waals surface area contributed by atoms with Crippen molar-refractivity contribution < 1.29 is 4.79 Å². The van der Waals surface area contributed by atoms with Crippen LogP contribution in [0.5, 0.6) is 0 Å². The largest absolute Gasteiger partial charge is 0.356 e. The van der Waals surface area contributed by atoms with Gasteiger partial charge in [-0.15, -0.1) is 0 Å². The Morgan fingerprint density at radius 1 is 1.75 bits per heavy atom. The van der Waals surface area contributed by atoms with Gasteiger partial charge in [-0.1, -0.05) is 0 Å². The van der Waals surface area contributed by atoms with Crippen LogP contribution in [-0.2, 0) is 0 Å². The molecule has 2 rings (SSSR count). The number of hydrogen-bond donors (Lipinski definition) is 2. The van der Waals surface area contributed by atoms with E-state index < -0.39 is 0 Å². The summed E-state index contributed by atoms with van der Waals surface area (Å²) in [5.74, 6) is 0.691. The Hall–Kier alpha value is -0.810. The maximum absolute atomic E-state index is 12.1. The van der Waals surface area contributed by atoms with Crippen molar-refractivity contribution in [2.75, 3.05) is 26.7 Å². The topological polar surface area (TPSA) is 48.1 Å². The molecule has 1 aliphatic heterocycles. The van der Waals surface area contributed by atoms with Crippen molar-refractivity contribution >= 4 is 21.8 Å². The van der Waals surface area contributed by atoms with Crippen molar-refractivity contribution in [1.29, 1.82) is 0 Å². The van der Waals surface area contributed by atoms with E-state index in [1.54, 1.807) is 6.20 Å². The van der Waals surface area contributed by atoms with Gasteiger partial charge in [0.1, 0.15) is 5.69 Å². The standard InChI is InChI=1S/C11H16BrN3O/c1-13-5-8-2-3-15(7-8)11(16)10-4-9(12)6-14-10/h4,6,8,13-14H,2-3,5,7H2,1H3/t8-/m0/s1. The van der Waals surface area contributed by atoms with Gasteiger partial charge in [0.2, 0.25) is 0 Å². The molecule has 0 radical (unpaired) electrons. The summed E-state index contributed by atoms with van der Waals surface area (Å²) in [6, 6.07) is 1.83. The minimum atomic E-state index is 0.101. The van der Waals surface area contributed by atoms with E-state index in [0.717, 1.165) is 30.5 Å². The Morgan fingerprint density at radius 3 is 3.19 bits per heavy atom. The number of carbonyl (C=O) groups is 1. The summed E-state index contributed by atoms with van der Waals surface area (Å²) in [6.45, 7) is 2.70. The van der Waals surface area contributed by atoms with Crippen molar-refractivity contribution in [1.82, 2.24) is 15.2 Å². The van der Waals surface area contributed by atoms with E-state index >= 15 is 0 Å². The lowest BCUT2D eigenvalue weighted by Crippen LogP contribution is -2.30. The lowest BCUT2D eigenvalue weighted by molar-refractivity contribution is 0.0782. The molecule has 1 atom stereocenters. The van der Waals surface area contributed by atoms with Crippen LogP contribution in [0.1, 0.15) is 16.9 Å². The molecular weight excluding hydrogens is 270 g/mol. The maximum Gasteiger partial charge on any atom is 0.270 e. The third-order valence-electron chi connectivity index (χ3n) is 2.94. The Bertz CT molecular complexity index is 377. The third-order valence-corrected chi connectivity index (χ3v) is 3.40. The van der Waals surface area contributed by atoms with Crippen molar-refractivity contribution in [3.63, 3.8) is 0 Å². The molecule has 1 saturated heterocycles. The van der Waals surface area contributed by atoms with E-state index in [9.17, 15) is 4.79 Å². The van der Waals surface area contributed by atoms with Crippen LogP contribution in [0.3, 0.4) is 0 Å². The lowest BCUT2D eigenvalue weighted by atomic mass is 10.1. The fourth-order valence-electron chi connectivity index (χ4n) is 2.13. The number of amides is 1. The molecule has 1 aliphatic rings. The zero-order valence-electron chi connectivity index (χ0n) is 9.29. The molecule has 0 bridgehead atoms. The molecule has 0 unspecified atom stereocenters. The number of aromatic nitrogens is 1. The first-order valence-corrected chi connectivity index (χ1v) is 6.28. The van der Waals surface area contributed by atoms with E-state index in [2.05, 4.69) is 26.2 Å². The van der Waals surface area contributed by atoms with E-state index in [0.29, 0.717) is 11.6 Å². The summed E-state index contributed by atoms with van der Waals surface area (Å²) < 4.78 is 0.918. The number of rotatable bonds is 3. The minimum absolute atomic E-state index is 0.101. The summed E-state index contributed by atoms with van der Waals surface area (Å²) in [4.78, 5) is 17.0. The molecule has 2 heterocycles. The number of likely N-dealkylation sites (tertiary alicyclic amines) is 1. The highest BCUT2D eigenvalue weighted by Crippen LogP contribution is 2.19. The Labute approximate surface area is 104 Å². The van der Waals surface area contributed by atoms with Crippen LogP contribution in [0.4, 0.5) is 0 Å². The third kappa shape index (κ3) is 2.47. The van der Waals surface area contributed by atoms with Crippen LogP contribution in [0.25, 0.3) is 0 Å². The predicted octanol–water partition coefficient (Wildman–Crippen LogP) is 1.46. The first kappa shape index (κ1) is 11.7. The van der Waals surface area contributed by atoms with Crippen molar-refractivity contribution in [2.24, 2.45) is 5.92 Å². The fraction of sp³-hybridized carbons (Fsp3) is 0.545. The van der Waals surface area contributed by atoms with Crippen LogP contribution in [0.15, 0.2) is 16.7 Å². The van der Waals surface area contributed by atoms with E-state index in [4.69, 9.17) is 0 Å². The summed E-state index contributed by atoms with van der Waals surface area (Å²) in [5, 5.41) is 3.16. The molecule has 0 aromatic carbocycles. The van der Waals surface area contributed by atoms with Crippen molar-refractivity contribution in [3.8, 4) is 0 Å². The van der Waals surface area contributed by atoms with E-state index in [1.165, 1.54) is 0 Å². The van der Waals surface area contributed by atoms with Crippen LogP contribution in [-0.4, -0.2) is 42.5 Å². The molecule has 0 aliphatic carbocycles. The Balaban J connectivity index is 1.97. The van der Waals surface area contributed by atoms with Gasteiger partial charge in [-0.25, -0.2) is 0 Å². The normalized spacial score (nSPS) is 20.4. The molecule has 88 valence electrons. The molecule has 1 aromatic heterocycles. The zero-order chi connectivity index (χ0) is 11.5. The highest BCUT2D eigenvalue weighted by molar-refractivity contribution is 9.10. The monoisotopic (exact) mass is 285 g/mol. The fourth-order valence-corrected chi connectivity index (χ4v) is 2.48. The molecule has 0 spiro atoms. The second-order valence-electron chi connectivity index (χ2n) is 4.20. The minimum Gasteiger partial charge on any atom is -0.356 e. The van der Waals surface area contributed by atoms with Gasteiger partial charge < -0.3 is 15.2 Å². The number of hydrogen-bond acceptors (Lipinski definition) is 2. The zero-order valence-corrected chi connectivity index (χ0v) is 10.9. The predicted molar refractivity (Wildman–Crippen MR) is 66.4 cm³/mol. The molecule has 4 nitrogen and oxygen atoms in total. The summed E-state index contributed by atoms with van der Waals surface area (Å²) in [7, 11) is 1.95. The van der Waals surface area contributed by atoms with Crippen LogP contribution >= 0.6 is 15.9 Å². The van der Waals surface area contributed by atoms with E-state index in [1.807, 2.05) is 18.0 Å². The molecular formula is C11H16BrN3O. The molecule has 1 aromatic rings.